The highest BCUT2D eigenvalue weighted by molar-refractivity contribution is 6.36. The number of rotatable bonds is 6. The molecule has 1 aliphatic carbocycles. The van der Waals surface area contributed by atoms with Crippen LogP contribution in [0.15, 0.2) is 43.0 Å². The Morgan fingerprint density at radius 1 is 1.22 bits per heavy atom. The predicted molar refractivity (Wildman–Crippen MR) is 127 cm³/mol. The zero-order valence-corrected chi connectivity index (χ0v) is 19.1. The number of hydrogen-bond donors (Lipinski definition) is 2. The molecule has 5 rings (SSSR count). The highest BCUT2D eigenvalue weighted by Gasteiger charge is 2.35. The van der Waals surface area contributed by atoms with Crippen LogP contribution in [0.2, 0.25) is 5.02 Å². The summed E-state index contributed by atoms with van der Waals surface area (Å²) in [4.78, 5) is 22.3. The second kappa shape index (κ2) is 9.20. The van der Waals surface area contributed by atoms with Gasteiger partial charge in [0.15, 0.2) is 0 Å². The van der Waals surface area contributed by atoms with Crippen molar-refractivity contribution in [1.82, 2.24) is 25.2 Å². The second-order valence-corrected chi connectivity index (χ2v) is 9.65. The van der Waals surface area contributed by atoms with Gasteiger partial charge in [-0.1, -0.05) is 36.9 Å². The van der Waals surface area contributed by atoms with E-state index in [1.54, 1.807) is 12.3 Å². The average Bonchev–Trinajstić information content (AvgIpc) is 3.48. The number of pyridine rings is 2. The Morgan fingerprint density at radius 3 is 2.84 bits per heavy atom. The van der Waals surface area contributed by atoms with E-state index in [4.69, 9.17) is 11.6 Å². The van der Waals surface area contributed by atoms with Crippen molar-refractivity contribution in [2.45, 2.75) is 62.9 Å². The summed E-state index contributed by atoms with van der Waals surface area (Å²) in [5, 5.41) is 8.09. The average molecular weight is 452 g/mol. The van der Waals surface area contributed by atoms with E-state index in [9.17, 15) is 4.79 Å². The Balaban J connectivity index is 1.42. The molecule has 4 heterocycles. The summed E-state index contributed by atoms with van der Waals surface area (Å²) >= 11 is 6.55. The monoisotopic (exact) mass is 451 g/mol. The van der Waals surface area contributed by atoms with Gasteiger partial charge < -0.3 is 15.2 Å². The Hall–Kier alpha value is -2.44. The van der Waals surface area contributed by atoms with Gasteiger partial charge in [-0.15, -0.1) is 0 Å². The van der Waals surface area contributed by atoms with Crippen molar-refractivity contribution in [1.29, 1.82) is 0 Å². The van der Waals surface area contributed by atoms with Gasteiger partial charge in [0.25, 0.3) is 5.91 Å². The lowest BCUT2D eigenvalue weighted by Crippen LogP contribution is -2.42. The fourth-order valence-corrected chi connectivity index (χ4v) is 5.70. The molecular formula is C25H30ClN5O. The van der Waals surface area contributed by atoms with E-state index in [0.717, 1.165) is 43.4 Å². The van der Waals surface area contributed by atoms with Crippen molar-refractivity contribution in [3.05, 3.63) is 59.1 Å². The molecule has 32 heavy (non-hydrogen) atoms. The van der Waals surface area contributed by atoms with Crippen LogP contribution in [0.3, 0.4) is 0 Å². The third-order valence-electron chi connectivity index (χ3n) is 7.20. The van der Waals surface area contributed by atoms with Gasteiger partial charge >= 0.3 is 0 Å². The van der Waals surface area contributed by atoms with Gasteiger partial charge in [-0.05, 0) is 49.9 Å². The normalized spacial score (nSPS) is 20.5. The summed E-state index contributed by atoms with van der Waals surface area (Å²) in [6.07, 6.45) is 15.5. The summed E-state index contributed by atoms with van der Waals surface area (Å²) in [7, 11) is 0. The molecular weight excluding hydrogens is 422 g/mol. The molecule has 0 unspecified atom stereocenters. The standard InChI is InChI=1S/C25H30ClN5O/c26-21-8-13-29-23-22(21)20(16-31(23)15-19-7-5-12-28-19)24(32)30-17-25(9-2-1-3-10-25)18-6-4-11-27-14-18/h4,6,8,11,13-14,16,19,28H,1-3,5,7,9-10,12,15,17H2,(H,30,32)/t19-/m0/s1. The minimum Gasteiger partial charge on any atom is -0.351 e. The summed E-state index contributed by atoms with van der Waals surface area (Å²) in [5.41, 5.74) is 2.54. The largest absolute Gasteiger partial charge is 0.351 e. The van der Waals surface area contributed by atoms with Crippen LogP contribution in [0.4, 0.5) is 0 Å². The molecule has 2 fully saturated rings. The van der Waals surface area contributed by atoms with Crippen molar-refractivity contribution in [2.75, 3.05) is 13.1 Å². The Morgan fingerprint density at radius 2 is 2.09 bits per heavy atom. The second-order valence-electron chi connectivity index (χ2n) is 9.25. The molecule has 1 atom stereocenters. The molecule has 1 aliphatic heterocycles. The minimum absolute atomic E-state index is 0.0592. The van der Waals surface area contributed by atoms with Crippen LogP contribution in [-0.4, -0.2) is 39.6 Å². The van der Waals surface area contributed by atoms with E-state index >= 15 is 0 Å². The van der Waals surface area contributed by atoms with Crippen molar-refractivity contribution in [3.63, 3.8) is 0 Å². The summed E-state index contributed by atoms with van der Waals surface area (Å²) < 4.78 is 2.08. The van der Waals surface area contributed by atoms with Crippen LogP contribution < -0.4 is 10.6 Å². The van der Waals surface area contributed by atoms with Gasteiger partial charge in [-0.25, -0.2) is 4.98 Å². The molecule has 0 spiro atoms. The quantitative estimate of drug-likeness (QED) is 0.580. The maximum Gasteiger partial charge on any atom is 0.253 e. The van der Waals surface area contributed by atoms with Gasteiger partial charge in [0.2, 0.25) is 0 Å². The lowest BCUT2D eigenvalue weighted by molar-refractivity contribution is 0.0938. The molecule has 3 aromatic rings. The number of aromatic nitrogens is 3. The first-order valence-corrected chi connectivity index (χ1v) is 12.1. The first-order chi connectivity index (χ1) is 15.7. The zero-order chi connectivity index (χ0) is 22.0. The molecule has 168 valence electrons. The lowest BCUT2D eigenvalue weighted by Gasteiger charge is -2.37. The third kappa shape index (κ3) is 4.14. The molecule has 0 radical (unpaired) electrons. The number of carbonyl (C=O) groups excluding carboxylic acids is 1. The van der Waals surface area contributed by atoms with Crippen molar-refractivity contribution in [3.8, 4) is 0 Å². The lowest BCUT2D eigenvalue weighted by atomic mass is 9.70. The van der Waals surface area contributed by atoms with E-state index in [0.29, 0.717) is 23.2 Å². The SMILES string of the molecule is O=C(NCC1(c2cccnc2)CCCCC1)c1cn(C[C@@H]2CCCN2)c2nccc(Cl)c12. The van der Waals surface area contributed by atoms with Crippen LogP contribution in [-0.2, 0) is 12.0 Å². The summed E-state index contributed by atoms with van der Waals surface area (Å²) in [6, 6.07) is 6.30. The molecule has 1 saturated carbocycles. The number of carbonyl (C=O) groups is 1. The van der Waals surface area contributed by atoms with Crippen molar-refractivity contribution < 1.29 is 4.79 Å². The first kappa shape index (κ1) is 21.4. The van der Waals surface area contributed by atoms with Crippen LogP contribution in [0, 0.1) is 0 Å². The van der Waals surface area contributed by atoms with Gasteiger partial charge in [0.05, 0.1) is 16.0 Å². The molecule has 2 N–H and O–H groups in total. The van der Waals surface area contributed by atoms with Crippen molar-refractivity contribution in [2.24, 2.45) is 0 Å². The highest BCUT2D eigenvalue weighted by Crippen LogP contribution is 2.39. The number of nitrogens with zero attached hydrogens (tertiary/aromatic N) is 3. The van der Waals surface area contributed by atoms with Gasteiger partial charge in [0.1, 0.15) is 5.65 Å². The smallest absolute Gasteiger partial charge is 0.253 e. The molecule has 0 aromatic carbocycles. The molecule has 6 nitrogen and oxygen atoms in total. The van der Waals surface area contributed by atoms with Crippen molar-refractivity contribution >= 4 is 28.5 Å². The number of nitrogens with one attached hydrogen (secondary N) is 2. The molecule has 0 bridgehead atoms. The predicted octanol–water partition coefficient (Wildman–Crippen LogP) is 4.47. The van der Waals surface area contributed by atoms with E-state index < -0.39 is 0 Å². The van der Waals surface area contributed by atoms with E-state index in [2.05, 4.69) is 31.2 Å². The molecule has 7 heteroatoms. The van der Waals surface area contributed by atoms with Crippen LogP contribution in [0.1, 0.15) is 60.9 Å². The number of fused-ring (bicyclic) bond motifs is 1. The fraction of sp³-hybridized carbons (Fsp3) is 0.480. The van der Waals surface area contributed by atoms with E-state index in [-0.39, 0.29) is 11.3 Å². The first-order valence-electron chi connectivity index (χ1n) is 11.7. The van der Waals surface area contributed by atoms with E-state index in [1.165, 1.54) is 31.2 Å². The highest BCUT2D eigenvalue weighted by atomic mass is 35.5. The van der Waals surface area contributed by atoms with E-state index in [1.807, 2.05) is 24.7 Å². The molecule has 1 amide bonds. The maximum absolute atomic E-state index is 13.4. The minimum atomic E-state index is -0.0862. The third-order valence-corrected chi connectivity index (χ3v) is 7.52. The van der Waals surface area contributed by atoms with Crippen LogP contribution in [0.5, 0.6) is 0 Å². The van der Waals surface area contributed by atoms with Crippen LogP contribution in [0.25, 0.3) is 11.0 Å². The van der Waals surface area contributed by atoms with Gasteiger partial charge in [-0.2, -0.15) is 0 Å². The number of halogens is 1. The summed E-state index contributed by atoms with van der Waals surface area (Å²) in [5.74, 6) is -0.0862. The molecule has 2 aliphatic rings. The van der Waals surface area contributed by atoms with Crippen LogP contribution >= 0.6 is 11.6 Å². The number of hydrogen-bond acceptors (Lipinski definition) is 4. The topological polar surface area (TPSA) is 71.8 Å². The summed E-state index contributed by atoms with van der Waals surface area (Å²) in [6.45, 7) is 2.44. The molecule has 3 aromatic heterocycles. The van der Waals surface area contributed by atoms with Gasteiger partial charge in [0, 0.05) is 49.3 Å². The molecule has 1 saturated heterocycles. The zero-order valence-electron chi connectivity index (χ0n) is 18.3. The van der Waals surface area contributed by atoms with Gasteiger partial charge in [-0.3, -0.25) is 9.78 Å². The maximum atomic E-state index is 13.4. The Kier molecular flexibility index (Phi) is 6.15. The Bertz CT molecular complexity index is 1080. The fourth-order valence-electron chi connectivity index (χ4n) is 5.45. The number of amides is 1. The Labute approximate surface area is 193 Å².